The molecule has 0 saturated heterocycles. The Morgan fingerprint density at radius 3 is 3.05 bits per heavy atom. The number of nitrogen functional groups attached to an aromatic ring is 1. The molecule has 2 N–H and O–H groups in total. The van der Waals surface area contributed by atoms with E-state index in [-0.39, 0.29) is 0 Å². The minimum atomic E-state index is 0.587. The average Bonchev–Trinajstić information content (AvgIpc) is 2.88. The van der Waals surface area contributed by atoms with Crippen molar-refractivity contribution < 1.29 is 4.74 Å². The summed E-state index contributed by atoms with van der Waals surface area (Å²) < 4.78 is 5.53. The lowest BCUT2D eigenvalue weighted by atomic mass is 10.0. The molecule has 98 valence electrons. The van der Waals surface area contributed by atoms with Crippen molar-refractivity contribution in [1.29, 1.82) is 0 Å². The van der Waals surface area contributed by atoms with Gasteiger partial charge < -0.3 is 10.5 Å². The molecule has 0 spiro atoms. The third kappa shape index (κ3) is 2.14. The largest absolute Gasteiger partial charge is 0.493 e. The molecule has 2 aromatic rings. The Labute approximate surface area is 112 Å². The monoisotopic (exact) mass is 255 g/mol. The molecule has 0 fully saturated rings. The Bertz CT molecular complexity index is 610. The summed E-state index contributed by atoms with van der Waals surface area (Å²) in [6, 6.07) is 6.22. The summed E-state index contributed by atoms with van der Waals surface area (Å²) >= 11 is 0. The highest BCUT2D eigenvalue weighted by molar-refractivity contribution is 5.69. The fraction of sp³-hybridized carbons (Fsp3) is 0.333. The van der Waals surface area contributed by atoms with Gasteiger partial charge in [0.1, 0.15) is 17.9 Å². The number of aromatic nitrogens is 2. The highest BCUT2D eigenvalue weighted by Gasteiger charge is 2.15. The van der Waals surface area contributed by atoms with Gasteiger partial charge in [0.05, 0.1) is 12.3 Å². The summed E-state index contributed by atoms with van der Waals surface area (Å²) in [6.45, 7) is 2.90. The maximum absolute atomic E-state index is 5.98. The van der Waals surface area contributed by atoms with Crippen LogP contribution in [0.25, 0.3) is 11.3 Å². The fourth-order valence-electron chi connectivity index (χ4n) is 2.51. The molecule has 1 aromatic carbocycles. The average molecular weight is 255 g/mol. The maximum atomic E-state index is 5.98. The van der Waals surface area contributed by atoms with Gasteiger partial charge in [-0.25, -0.2) is 9.97 Å². The summed E-state index contributed by atoms with van der Waals surface area (Å²) in [7, 11) is 0. The molecule has 0 saturated carbocycles. The molecule has 2 heterocycles. The molecule has 0 amide bonds. The molecule has 19 heavy (non-hydrogen) atoms. The third-order valence-corrected chi connectivity index (χ3v) is 3.44. The first-order valence-electron chi connectivity index (χ1n) is 6.65. The van der Waals surface area contributed by atoms with Crippen LogP contribution in [0.2, 0.25) is 0 Å². The van der Waals surface area contributed by atoms with Crippen LogP contribution >= 0.6 is 0 Å². The molecule has 0 bridgehead atoms. The fourth-order valence-corrected chi connectivity index (χ4v) is 2.51. The standard InChI is InChI=1S/C15H17N3O/c1-2-3-12-14(17-9-18-15(12)16)11-4-5-13-10(8-11)6-7-19-13/h4-5,8-9H,2-3,6-7H2,1H3,(H2,16,17,18). The van der Waals surface area contributed by atoms with Gasteiger partial charge in [0.2, 0.25) is 0 Å². The SMILES string of the molecule is CCCc1c(N)ncnc1-c1ccc2c(c1)CCO2. The van der Waals surface area contributed by atoms with E-state index >= 15 is 0 Å². The van der Waals surface area contributed by atoms with Crippen LogP contribution in [0.4, 0.5) is 5.82 Å². The first-order valence-corrected chi connectivity index (χ1v) is 6.65. The number of fused-ring (bicyclic) bond motifs is 1. The van der Waals surface area contributed by atoms with E-state index < -0.39 is 0 Å². The van der Waals surface area contributed by atoms with E-state index in [2.05, 4.69) is 23.0 Å². The second-order valence-electron chi connectivity index (χ2n) is 4.76. The number of ether oxygens (including phenoxy) is 1. The quantitative estimate of drug-likeness (QED) is 0.915. The van der Waals surface area contributed by atoms with Crippen LogP contribution < -0.4 is 10.5 Å². The van der Waals surface area contributed by atoms with Crippen molar-refractivity contribution in [3.05, 3.63) is 35.7 Å². The Balaban J connectivity index is 2.09. The van der Waals surface area contributed by atoms with Crippen LogP contribution in [-0.4, -0.2) is 16.6 Å². The molecular formula is C15H17N3O. The number of rotatable bonds is 3. The zero-order valence-corrected chi connectivity index (χ0v) is 11.0. The predicted octanol–water partition coefficient (Wildman–Crippen LogP) is 2.61. The summed E-state index contributed by atoms with van der Waals surface area (Å²) in [5.41, 5.74) is 10.3. The molecule has 1 aliphatic heterocycles. The normalized spacial score (nSPS) is 13.1. The molecule has 1 aliphatic rings. The van der Waals surface area contributed by atoms with Crippen LogP contribution in [0.1, 0.15) is 24.5 Å². The predicted molar refractivity (Wildman–Crippen MR) is 75.1 cm³/mol. The Hall–Kier alpha value is -2.10. The molecular weight excluding hydrogens is 238 g/mol. The van der Waals surface area contributed by atoms with Crippen molar-refractivity contribution in [2.45, 2.75) is 26.2 Å². The van der Waals surface area contributed by atoms with Crippen LogP contribution in [-0.2, 0) is 12.8 Å². The second kappa shape index (κ2) is 4.88. The number of hydrogen-bond donors (Lipinski definition) is 1. The topological polar surface area (TPSA) is 61.0 Å². The van der Waals surface area contributed by atoms with E-state index in [0.29, 0.717) is 5.82 Å². The smallest absolute Gasteiger partial charge is 0.130 e. The van der Waals surface area contributed by atoms with E-state index in [4.69, 9.17) is 10.5 Å². The van der Waals surface area contributed by atoms with Crippen molar-refractivity contribution >= 4 is 5.82 Å². The van der Waals surface area contributed by atoms with E-state index in [1.165, 1.54) is 11.9 Å². The van der Waals surface area contributed by atoms with E-state index in [1.54, 1.807) is 0 Å². The Kier molecular flexibility index (Phi) is 3.07. The number of benzene rings is 1. The second-order valence-corrected chi connectivity index (χ2v) is 4.76. The lowest BCUT2D eigenvalue weighted by molar-refractivity contribution is 0.357. The van der Waals surface area contributed by atoms with Crippen LogP contribution in [0.15, 0.2) is 24.5 Å². The molecule has 0 aliphatic carbocycles. The highest BCUT2D eigenvalue weighted by atomic mass is 16.5. The van der Waals surface area contributed by atoms with E-state index in [1.807, 2.05) is 12.1 Å². The third-order valence-electron chi connectivity index (χ3n) is 3.44. The van der Waals surface area contributed by atoms with Crippen molar-refractivity contribution in [3.8, 4) is 17.0 Å². The number of anilines is 1. The molecule has 4 nitrogen and oxygen atoms in total. The van der Waals surface area contributed by atoms with Gasteiger partial charge in [-0.3, -0.25) is 0 Å². The molecule has 4 heteroatoms. The highest BCUT2D eigenvalue weighted by Crippen LogP contribution is 2.32. The van der Waals surface area contributed by atoms with E-state index in [9.17, 15) is 0 Å². The maximum Gasteiger partial charge on any atom is 0.130 e. The Morgan fingerprint density at radius 2 is 2.21 bits per heavy atom. The van der Waals surface area contributed by atoms with Crippen molar-refractivity contribution in [2.24, 2.45) is 0 Å². The van der Waals surface area contributed by atoms with Crippen molar-refractivity contribution in [3.63, 3.8) is 0 Å². The summed E-state index contributed by atoms with van der Waals surface area (Å²) in [5, 5.41) is 0. The minimum Gasteiger partial charge on any atom is -0.493 e. The van der Waals surface area contributed by atoms with Crippen molar-refractivity contribution in [2.75, 3.05) is 12.3 Å². The number of hydrogen-bond acceptors (Lipinski definition) is 4. The lowest BCUT2D eigenvalue weighted by Gasteiger charge is -2.10. The van der Waals surface area contributed by atoms with Crippen LogP contribution in [0.3, 0.4) is 0 Å². The molecule has 0 unspecified atom stereocenters. The number of nitrogens with two attached hydrogens (primary N) is 1. The zero-order chi connectivity index (χ0) is 13.2. The summed E-state index contributed by atoms with van der Waals surface area (Å²) in [6.07, 6.45) is 4.43. The van der Waals surface area contributed by atoms with Gasteiger partial charge in [0.15, 0.2) is 0 Å². The Morgan fingerprint density at radius 1 is 1.32 bits per heavy atom. The molecule has 0 radical (unpaired) electrons. The van der Waals surface area contributed by atoms with Gasteiger partial charge in [-0.2, -0.15) is 0 Å². The van der Waals surface area contributed by atoms with Gasteiger partial charge in [-0.15, -0.1) is 0 Å². The van der Waals surface area contributed by atoms with Gasteiger partial charge in [0, 0.05) is 17.5 Å². The molecule has 3 rings (SSSR count). The van der Waals surface area contributed by atoms with Gasteiger partial charge in [-0.1, -0.05) is 13.3 Å². The van der Waals surface area contributed by atoms with E-state index in [0.717, 1.165) is 48.4 Å². The first-order chi connectivity index (χ1) is 9.29. The summed E-state index contributed by atoms with van der Waals surface area (Å²) in [5.74, 6) is 1.58. The first kappa shape index (κ1) is 12.0. The summed E-state index contributed by atoms with van der Waals surface area (Å²) in [4.78, 5) is 8.52. The van der Waals surface area contributed by atoms with Gasteiger partial charge in [-0.05, 0) is 30.2 Å². The van der Waals surface area contributed by atoms with Gasteiger partial charge in [0.25, 0.3) is 0 Å². The number of nitrogens with zero attached hydrogens (tertiary/aromatic N) is 2. The molecule has 1 aromatic heterocycles. The molecule has 0 atom stereocenters. The van der Waals surface area contributed by atoms with Crippen LogP contribution in [0.5, 0.6) is 5.75 Å². The van der Waals surface area contributed by atoms with Gasteiger partial charge >= 0.3 is 0 Å². The van der Waals surface area contributed by atoms with Crippen molar-refractivity contribution in [1.82, 2.24) is 9.97 Å². The minimum absolute atomic E-state index is 0.587. The zero-order valence-electron chi connectivity index (χ0n) is 11.0. The lowest BCUT2D eigenvalue weighted by Crippen LogP contribution is -2.02. The van der Waals surface area contributed by atoms with Crippen LogP contribution in [0, 0.1) is 0 Å².